The maximum atomic E-state index is 12.1. The van der Waals surface area contributed by atoms with E-state index >= 15 is 0 Å². The van der Waals surface area contributed by atoms with Gasteiger partial charge in [0.1, 0.15) is 18.7 Å². The monoisotopic (exact) mass is 379 g/mol. The molecule has 0 radical (unpaired) electrons. The Labute approximate surface area is 157 Å². The van der Waals surface area contributed by atoms with Gasteiger partial charge in [0.15, 0.2) is 5.96 Å². The first kappa shape index (κ1) is 21.7. The number of nitrogens with two attached hydrogens (primary N) is 1. The lowest BCUT2D eigenvalue weighted by Crippen LogP contribution is -2.50. The number of carboxylic acids is 1. The number of benzene rings is 1. The van der Waals surface area contributed by atoms with E-state index < -0.39 is 30.1 Å². The molecular formula is C17H25N5O5. The van der Waals surface area contributed by atoms with Crippen LogP contribution in [0.5, 0.6) is 0 Å². The van der Waals surface area contributed by atoms with E-state index in [0.717, 1.165) is 5.56 Å². The average molecular weight is 379 g/mol. The molecule has 1 aromatic rings. The molecule has 0 aromatic heterocycles. The van der Waals surface area contributed by atoms with Crippen LogP contribution in [0.1, 0.15) is 25.3 Å². The molecule has 0 aliphatic carbocycles. The van der Waals surface area contributed by atoms with Crippen molar-refractivity contribution in [1.29, 1.82) is 5.41 Å². The number of amides is 2. The predicted molar refractivity (Wildman–Crippen MR) is 97.9 cm³/mol. The van der Waals surface area contributed by atoms with Crippen molar-refractivity contribution in [1.82, 2.24) is 16.0 Å². The molecule has 0 aliphatic rings. The molecular weight excluding hydrogens is 354 g/mol. The second-order valence-corrected chi connectivity index (χ2v) is 5.81. The lowest BCUT2D eigenvalue weighted by atomic mass is 10.1. The fourth-order valence-electron chi connectivity index (χ4n) is 2.09. The quantitative estimate of drug-likeness (QED) is 0.191. The number of guanidine groups is 1. The molecule has 0 unspecified atom stereocenters. The summed E-state index contributed by atoms with van der Waals surface area (Å²) < 4.78 is 5.02. The maximum Gasteiger partial charge on any atom is 0.408 e. The number of alkyl carbamates (subject to hydrolysis) is 1. The van der Waals surface area contributed by atoms with Gasteiger partial charge in [-0.05, 0) is 25.3 Å². The van der Waals surface area contributed by atoms with Crippen molar-refractivity contribution in [2.75, 3.05) is 6.54 Å². The first-order valence-electron chi connectivity index (χ1n) is 8.38. The van der Waals surface area contributed by atoms with Gasteiger partial charge in [0.25, 0.3) is 0 Å². The van der Waals surface area contributed by atoms with Crippen LogP contribution in [0, 0.1) is 5.41 Å². The van der Waals surface area contributed by atoms with E-state index in [-0.39, 0.29) is 19.0 Å². The van der Waals surface area contributed by atoms with Crippen LogP contribution in [0.25, 0.3) is 0 Å². The minimum Gasteiger partial charge on any atom is -0.480 e. The van der Waals surface area contributed by atoms with Crippen molar-refractivity contribution in [3.05, 3.63) is 35.9 Å². The molecule has 0 aliphatic heterocycles. The highest BCUT2D eigenvalue weighted by atomic mass is 16.5. The average Bonchev–Trinajstić information content (AvgIpc) is 2.62. The fraction of sp³-hybridized carbons (Fsp3) is 0.412. The molecule has 2 atom stereocenters. The van der Waals surface area contributed by atoms with Crippen LogP contribution in [-0.4, -0.2) is 47.7 Å². The van der Waals surface area contributed by atoms with E-state index in [4.69, 9.17) is 15.9 Å². The van der Waals surface area contributed by atoms with Gasteiger partial charge in [0.05, 0.1) is 0 Å². The van der Waals surface area contributed by atoms with Crippen LogP contribution in [0.3, 0.4) is 0 Å². The van der Waals surface area contributed by atoms with Gasteiger partial charge in [-0.15, -0.1) is 0 Å². The minimum absolute atomic E-state index is 0.0575. The first-order chi connectivity index (χ1) is 12.8. The Hall–Kier alpha value is -3.30. The molecule has 27 heavy (non-hydrogen) atoms. The molecule has 0 saturated heterocycles. The summed E-state index contributed by atoms with van der Waals surface area (Å²) in [5.41, 5.74) is 5.93. The number of nitrogens with one attached hydrogen (secondary N) is 4. The Morgan fingerprint density at radius 2 is 1.89 bits per heavy atom. The van der Waals surface area contributed by atoms with E-state index in [1.165, 1.54) is 6.92 Å². The minimum atomic E-state index is -1.19. The van der Waals surface area contributed by atoms with Gasteiger partial charge >= 0.3 is 12.1 Å². The third kappa shape index (κ3) is 9.10. The lowest BCUT2D eigenvalue weighted by Gasteiger charge is -2.18. The van der Waals surface area contributed by atoms with Crippen molar-refractivity contribution in [2.24, 2.45) is 5.73 Å². The summed E-state index contributed by atoms with van der Waals surface area (Å²) in [6.45, 7) is 1.80. The van der Waals surface area contributed by atoms with Crippen LogP contribution in [0.2, 0.25) is 0 Å². The van der Waals surface area contributed by atoms with Crippen LogP contribution in [0.15, 0.2) is 30.3 Å². The molecule has 148 valence electrons. The number of ether oxygens (including phenoxy) is 1. The lowest BCUT2D eigenvalue weighted by molar-refractivity contribution is -0.142. The first-order valence-corrected chi connectivity index (χ1v) is 8.38. The zero-order chi connectivity index (χ0) is 20.2. The number of rotatable bonds is 10. The highest BCUT2D eigenvalue weighted by Gasteiger charge is 2.23. The summed E-state index contributed by atoms with van der Waals surface area (Å²) in [6.07, 6.45) is -0.247. The van der Waals surface area contributed by atoms with Gasteiger partial charge in [-0.1, -0.05) is 30.3 Å². The number of carbonyl (C=O) groups is 3. The molecule has 0 fully saturated rings. The Morgan fingerprint density at radius 3 is 2.48 bits per heavy atom. The third-order valence-corrected chi connectivity index (χ3v) is 3.54. The normalized spacial score (nSPS) is 12.3. The van der Waals surface area contributed by atoms with E-state index in [2.05, 4.69) is 16.0 Å². The van der Waals surface area contributed by atoms with Gasteiger partial charge in [0, 0.05) is 6.54 Å². The second kappa shape index (κ2) is 11.3. The van der Waals surface area contributed by atoms with Gasteiger partial charge in [-0.25, -0.2) is 9.59 Å². The Morgan fingerprint density at radius 1 is 1.22 bits per heavy atom. The molecule has 10 nitrogen and oxygen atoms in total. The van der Waals surface area contributed by atoms with Gasteiger partial charge in [0.2, 0.25) is 5.91 Å². The van der Waals surface area contributed by atoms with Crippen molar-refractivity contribution < 1.29 is 24.2 Å². The second-order valence-electron chi connectivity index (χ2n) is 5.81. The maximum absolute atomic E-state index is 12.1. The van der Waals surface area contributed by atoms with Crippen molar-refractivity contribution >= 4 is 23.9 Å². The highest BCUT2D eigenvalue weighted by molar-refractivity contribution is 5.88. The van der Waals surface area contributed by atoms with Crippen molar-refractivity contribution in [3.63, 3.8) is 0 Å². The van der Waals surface area contributed by atoms with E-state index in [1.54, 1.807) is 12.1 Å². The van der Waals surface area contributed by atoms with Gasteiger partial charge in [-0.3, -0.25) is 10.2 Å². The summed E-state index contributed by atoms with van der Waals surface area (Å²) in [4.78, 5) is 35.1. The summed E-state index contributed by atoms with van der Waals surface area (Å²) in [6, 6.07) is 6.96. The molecule has 1 aromatic carbocycles. The Kier molecular flexibility index (Phi) is 9.13. The zero-order valence-electron chi connectivity index (χ0n) is 15.0. The highest BCUT2D eigenvalue weighted by Crippen LogP contribution is 2.01. The molecule has 1 rings (SSSR count). The molecule has 0 bridgehead atoms. The number of carbonyl (C=O) groups excluding carboxylic acids is 2. The summed E-state index contributed by atoms with van der Waals surface area (Å²) in [5, 5.41) is 23.5. The Bertz CT molecular complexity index is 652. The van der Waals surface area contributed by atoms with Crippen molar-refractivity contribution in [2.45, 2.75) is 38.5 Å². The molecule has 2 amide bonds. The topological polar surface area (TPSA) is 167 Å². The van der Waals surface area contributed by atoms with Crippen LogP contribution in [-0.2, 0) is 20.9 Å². The fourth-order valence-corrected chi connectivity index (χ4v) is 2.09. The molecule has 7 N–H and O–H groups in total. The SMILES string of the molecule is C[C@@H](NC(=O)OCc1ccccc1)C(=O)N[C@H](CCCNC(=N)N)C(=O)O. The standard InChI is InChI=1S/C17H25N5O5/c1-11(21-17(26)27-10-12-6-3-2-4-7-12)14(23)22-13(15(24)25)8-5-9-20-16(18)19/h2-4,6-7,11,13H,5,8-10H2,1H3,(H,21,26)(H,22,23)(H,24,25)(H4,18,19,20)/t11-,13-/m1/s1. The molecule has 10 heteroatoms. The van der Waals surface area contributed by atoms with E-state index in [0.29, 0.717) is 13.0 Å². The third-order valence-electron chi connectivity index (χ3n) is 3.54. The summed E-state index contributed by atoms with van der Waals surface area (Å²) >= 11 is 0. The van der Waals surface area contributed by atoms with Gasteiger partial charge < -0.3 is 31.5 Å². The smallest absolute Gasteiger partial charge is 0.408 e. The predicted octanol–water partition coefficient (Wildman–Crippen LogP) is 0.134. The Balaban J connectivity index is 2.39. The number of hydrogen-bond donors (Lipinski definition) is 6. The van der Waals surface area contributed by atoms with E-state index in [9.17, 15) is 19.5 Å². The number of carboxylic acid groups (broad SMARTS) is 1. The van der Waals surface area contributed by atoms with Crippen molar-refractivity contribution in [3.8, 4) is 0 Å². The summed E-state index contributed by atoms with van der Waals surface area (Å²) in [5.74, 6) is -2.04. The number of aliphatic carboxylic acids is 1. The van der Waals surface area contributed by atoms with Crippen LogP contribution >= 0.6 is 0 Å². The molecule has 0 spiro atoms. The largest absolute Gasteiger partial charge is 0.480 e. The number of hydrogen-bond acceptors (Lipinski definition) is 5. The van der Waals surface area contributed by atoms with Gasteiger partial charge in [-0.2, -0.15) is 0 Å². The van der Waals surface area contributed by atoms with E-state index in [1.807, 2.05) is 18.2 Å². The van der Waals surface area contributed by atoms with Crippen LogP contribution < -0.4 is 21.7 Å². The zero-order valence-corrected chi connectivity index (χ0v) is 15.0. The van der Waals surface area contributed by atoms with Crippen LogP contribution in [0.4, 0.5) is 4.79 Å². The molecule has 0 saturated carbocycles. The summed E-state index contributed by atoms with van der Waals surface area (Å²) in [7, 11) is 0. The molecule has 0 heterocycles.